The van der Waals surface area contributed by atoms with Gasteiger partial charge in [-0.05, 0) is 25.5 Å². The lowest BCUT2D eigenvalue weighted by atomic mass is 10.2. The Morgan fingerprint density at radius 3 is 2.83 bits per heavy atom. The van der Waals surface area contributed by atoms with Gasteiger partial charge in [0.1, 0.15) is 17.1 Å². The highest BCUT2D eigenvalue weighted by atomic mass is 19.1. The Morgan fingerprint density at radius 2 is 2.21 bits per heavy atom. The van der Waals surface area contributed by atoms with E-state index in [4.69, 9.17) is 4.74 Å². The van der Waals surface area contributed by atoms with Crippen LogP contribution in [0.2, 0.25) is 0 Å². The van der Waals surface area contributed by atoms with Gasteiger partial charge in [0.15, 0.2) is 5.82 Å². The van der Waals surface area contributed by atoms with Crippen molar-refractivity contribution in [1.29, 1.82) is 0 Å². The van der Waals surface area contributed by atoms with Gasteiger partial charge in [-0.2, -0.15) is 5.10 Å². The van der Waals surface area contributed by atoms with E-state index in [0.29, 0.717) is 6.54 Å². The van der Waals surface area contributed by atoms with Crippen LogP contribution in [0.4, 0.5) is 21.6 Å². The van der Waals surface area contributed by atoms with E-state index >= 15 is 0 Å². The quantitative estimate of drug-likeness (QED) is 0.473. The summed E-state index contributed by atoms with van der Waals surface area (Å²) in [4.78, 5) is 22.4. The summed E-state index contributed by atoms with van der Waals surface area (Å²) in [5.74, 6) is -1.20. The SMILES string of the molecule is CCCn1cc(C(=O)OCC)c(Nc2ccc(F)cc2[N+](=O)[O-])n1. The summed E-state index contributed by atoms with van der Waals surface area (Å²) >= 11 is 0. The van der Waals surface area contributed by atoms with Crippen molar-refractivity contribution in [2.24, 2.45) is 0 Å². The number of hydrogen-bond acceptors (Lipinski definition) is 6. The van der Waals surface area contributed by atoms with E-state index in [1.165, 1.54) is 12.3 Å². The molecule has 2 aromatic rings. The summed E-state index contributed by atoms with van der Waals surface area (Å²) < 4.78 is 19.7. The number of rotatable bonds is 7. The molecule has 24 heavy (non-hydrogen) atoms. The minimum absolute atomic E-state index is 0.0358. The first-order valence-corrected chi connectivity index (χ1v) is 7.41. The molecule has 0 atom stereocenters. The first kappa shape index (κ1) is 17.4. The zero-order valence-electron chi connectivity index (χ0n) is 13.3. The molecule has 0 bridgehead atoms. The second-order valence-electron chi connectivity index (χ2n) is 4.92. The summed E-state index contributed by atoms with van der Waals surface area (Å²) in [5, 5.41) is 18.0. The molecule has 9 heteroatoms. The Hall–Kier alpha value is -2.97. The van der Waals surface area contributed by atoms with Gasteiger partial charge in [0.05, 0.1) is 17.6 Å². The molecule has 128 valence electrons. The maximum absolute atomic E-state index is 13.2. The molecular formula is C15H17FN4O4. The number of hydrogen-bond donors (Lipinski definition) is 1. The third-order valence-corrected chi connectivity index (χ3v) is 3.12. The van der Waals surface area contributed by atoms with Crippen molar-refractivity contribution in [2.75, 3.05) is 11.9 Å². The number of carbonyl (C=O) groups is 1. The third-order valence-electron chi connectivity index (χ3n) is 3.12. The third kappa shape index (κ3) is 3.86. The molecule has 1 heterocycles. The highest BCUT2D eigenvalue weighted by molar-refractivity contribution is 5.95. The van der Waals surface area contributed by atoms with Gasteiger partial charge >= 0.3 is 5.97 Å². The average Bonchev–Trinajstić information content (AvgIpc) is 2.92. The molecule has 0 spiro atoms. The van der Waals surface area contributed by atoms with E-state index in [2.05, 4.69) is 10.4 Å². The number of nitro groups is 1. The number of esters is 1. The van der Waals surface area contributed by atoms with Crippen LogP contribution in [-0.2, 0) is 11.3 Å². The number of aromatic nitrogens is 2. The lowest BCUT2D eigenvalue weighted by molar-refractivity contribution is -0.384. The highest BCUT2D eigenvalue weighted by Crippen LogP contribution is 2.29. The molecule has 0 saturated heterocycles. The van der Waals surface area contributed by atoms with Gasteiger partial charge in [-0.3, -0.25) is 14.8 Å². The minimum atomic E-state index is -0.727. The molecule has 0 aliphatic carbocycles. The predicted molar refractivity (Wildman–Crippen MR) is 84.8 cm³/mol. The van der Waals surface area contributed by atoms with Crippen molar-refractivity contribution in [3.8, 4) is 0 Å². The molecule has 0 fully saturated rings. The van der Waals surface area contributed by atoms with Crippen molar-refractivity contribution in [1.82, 2.24) is 9.78 Å². The van der Waals surface area contributed by atoms with Crippen LogP contribution in [0.5, 0.6) is 0 Å². The second-order valence-corrected chi connectivity index (χ2v) is 4.92. The van der Waals surface area contributed by atoms with Crippen LogP contribution in [0, 0.1) is 15.9 Å². The maximum atomic E-state index is 13.2. The topological polar surface area (TPSA) is 99.3 Å². The fraction of sp³-hybridized carbons (Fsp3) is 0.333. The largest absolute Gasteiger partial charge is 0.462 e. The average molecular weight is 336 g/mol. The van der Waals surface area contributed by atoms with E-state index in [1.807, 2.05) is 6.92 Å². The normalized spacial score (nSPS) is 10.5. The number of halogens is 1. The maximum Gasteiger partial charge on any atom is 0.343 e. The Kier molecular flexibility index (Phi) is 5.46. The molecule has 8 nitrogen and oxygen atoms in total. The number of aryl methyl sites for hydroxylation is 1. The number of anilines is 2. The van der Waals surface area contributed by atoms with Crippen molar-refractivity contribution in [3.63, 3.8) is 0 Å². The first-order chi connectivity index (χ1) is 11.5. The molecule has 0 amide bonds. The Bertz CT molecular complexity index is 760. The lowest BCUT2D eigenvalue weighted by Gasteiger charge is -2.06. The Labute approximate surface area is 137 Å². The van der Waals surface area contributed by atoms with Crippen LogP contribution in [0.25, 0.3) is 0 Å². The number of ether oxygens (including phenoxy) is 1. The molecule has 0 radical (unpaired) electrons. The minimum Gasteiger partial charge on any atom is -0.462 e. The van der Waals surface area contributed by atoms with Crippen molar-refractivity contribution < 1.29 is 18.8 Å². The van der Waals surface area contributed by atoms with Gasteiger partial charge in [0.2, 0.25) is 0 Å². The van der Waals surface area contributed by atoms with E-state index in [1.54, 1.807) is 11.6 Å². The Balaban J connectivity index is 2.41. The van der Waals surface area contributed by atoms with Crippen LogP contribution in [0.1, 0.15) is 30.6 Å². The number of benzene rings is 1. The van der Waals surface area contributed by atoms with Crippen molar-refractivity contribution >= 4 is 23.2 Å². The fourth-order valence-electron chi connectivity index (χ4n) is 2.10. The van der Waals surface area contributed by atoms with Gasteiger partial charge in [-0.25, -0.2) is 9.18 Å². The molecule has 2 rings (SSSR count). The zero-order chi connectivity index (χ0) is 17.7. The summed E-state index contributed by atoms with van der Waals surface area (Å²) in [7, 11) is 0. The summed E-state index contributed by atoms with van der Waals surface area (Å²) in [6, 6.07) is 3.11. The molecule has 0 aliphatic heterocycles. The molecule has 0 aliphatic rings. The summed E-state index contributed by atoms with van der Waals surface area (Å²) in [5.41, 5.74) is -0.257. The molecule has 0 saturated carbocycles. The predicted octanol–water partition coefficient (Wildman–Crippen LogP) is 3.26. The smallest absolute Gasteiger partial charge is 0.343 e. The fourth-order valence-corrected chi connectivity index (χ4v) is 2.10. The van der Waals surface area contributed by atoms with Crippen molar-refractivity contribution in [3.05, 3.63) is 45.9 Å². The standard InChI is InChI=1S/C15H17FN4O4/c1-3-7-19-9-11(15(21)24-4-2)14(18-19)17-12-6-5-10(16)8-13(12)20(22)23/h5-6,8-9H,3-4,7H2,1-2H3,(H,17,18). The molecule has 1 aromatic heterocycles. The van der Waals surface area contributed by atoms with E-state index in [-0.39, 0.29) is 23.7 Å². The van der Waals surface area contributed by atoms with E-state index in [9.17, 15) is 19.3 Å². The van der Waals surface area contributed by atoms with Crippen LogP contribution in [0.15, 0.2) is 24.4 Å². The van der Waals surface area contributed by atoms with Gasteiger partial charge < -0.3 is 10.1 Å². The van der Waals surface area contributed by atoms with Crippen LogP contribution < -0.4 is 5.32 Å². The summed E-state index contributed by atoms with van der Waals surface area (Å²) in [6.45, 7) is 4.38. The molecule has 1 N–H and O–H groups in total. The van der Waals surface area contributed by atoms with Gasteiger partial charge in [-0.15, -0.1) is 0 Å². The molecule has 1 aromatic carbocycles. The second kappa shape index (κ2) is 7.53. The molecule has 0 unspecified atom stereocenters. The van der Waals surface area contributed by atoms with Crippen LogP contribution >= 0.6 is 0 Å². The highest BCUT2D eigenvalue weighted by Gasteiger charge is 2.21. The van der Waals surface area contributed by atoms with Crippen LogP contribution in [0.3, 0.4) is 0 Å². The number of nitrogens with one attached hydrogen (secondary N) is 1. The number of nitrogens with zero attached hydrogens (tertiary/aromatic N) is 3. The monoisotopic (exact) mass is 336 g/mol. The zero-order valence-corrected chi connectivity index (χ0v) is 13.3. The number of carbonyl (C=O) groups excluding carboxylic acids is 1. The van der Waals surface area contributed by atoms with E-state index < -0.39 is 22.4 Å². The number of nitro benzene ring substituents is 1. The van der Waals surface area contributed by atoms with E-state index in [0.717, 1.165) is 18.6 Å². The molecular weight excluding hydrogens is 319 g/mol. The Morgan fingerprint density at radius 1 is 1.46 bits per heavy atom. The summed E-state index contributed by atoms with van der Waals surface area (Å²) in [6.07, 6.45) is 2.30. The van der Waals surface area contributed by atoms with Gasteiger partial charge in [0, 0.05) is 12.7 Å². The van der Waals surface area contributed by atoms with Gasteiger partial charge in [-0.1, -0.05) is 6.92 Å². The lowest BCUT2D eigenvalue weighted by Crippen LogP contribution is -2.07. The van der Waals surface area contributed by atoms with Gasteiger partial charge in [0.25, 0.3) is 5.69 Å². The first-order valence-electron chi connectivity index (χ1n) is 7.41. The van der Waals surface area contributed by atoms with Crippen LogP contribution in [-0.4, -0.2) is 27.3 Å². The van der Waals surface area contributed by atoms with Crippen molar-refractivity contribution in [2.45, 2.75) is 26.8 Å².